The molecule has 2 rings (SSSR count). The van der Waals surface area contributed by atoms with Gasteiger partial charge in [0.2, 0.25) is 5.91 Å². The lowest BCUT2D eigenvalue weighted by Crippen LogP contribution is -2.22. The van der Waals surface area contributed by atoms with Crippen molar-refractivity contribution in [2.45, 2.75) is 25.8 Å². The van der Waals surface area contributed by atoms with Crippen molar-refractivity contribution >= 4 is 11.6 Å². The molecule has 21 heavy (non-hydrogen) atoms. The maximum absolute atomic E-state index is 11.9. The topological polar surface area (TPSA) is 72.4 Å². The third-order valence-electron chi connectivity index (χ3n) is 3.75. The average molecular weight is 293 g/mol. The Balaban J connectivity index is 1.86. The van der Waals surface area contributed by atoms with Crippen LogP contribution in [0.1, 0.15) is 19.3 Å². The van der Waals surface area contributed by atoms with Gasteiger partial charge in [0.15, 0.2) is 0 Å². The highest BCUT2D eigenvalue weighted by Gasteiger charge is 2.15. The molecule has 1 aromatic heterocycles. The van der Waals surface area contributed by atoms with Gasteiger partial charge in [-0.25, -0.2) is 0 Å². The number of methoxy groups -OCH3 is 1. The second-order valence-corrected chi connectivity index (χ2v) is 5.39. The van der Waals surface area contributed by atoms with E-state index >= 15 is 0 Å². The SMILES string of the molecule is COCCn1cc(NC(=O)CCC2CCNC2)ccc1=O. The van der Waals surface area contributed by atoms with Gasteiger partial charge in [0, 0.05) is 32.3 Å². The van der Waals surface area contributed by atoms with Crippen molar-refractivity contribution in [2.75, 3.05) is 32.1 Å². The molecule has 0 bridgehead atoms. The minimum absolute atomic E-state index is 0.00107. The Kier molecular flexibility index (Phi) is 5.95. The average Bonchev–Trinajstić information content (AvgIpc) is 2.99. The van der Waals surface area contributed by atoms with E-state index in [1.165, 1.54) is 6.07 Å². The summed E-state index contributed by atoms with van der Waals surface area (Å²) in [5.74, 6) is 0.602. The maximum Gasteiger partial charge on any atom is 0.250 e. The molecule has 0 aliphatic carbocycles. The first kappa shape index (κ1) is 15.7. The monoisotopic (exact) mass is 293 g/mol. The van der Waals surface area contributed by atoms with Crippen molar-refractivity contribution in [1.29, 1.82) is 0 Å². The Bertz CT molecular complexity index is 521. The molecule has 116 valence electrons. The fourth-order valence-electron chi connectivity index (χ4n) is 2.49. The number of hydrogen-bond donors (Lipinski definition) is 2. The second-order valence-electron chi connectivity index (χ2n) is 5.39. The molecule has 0 spiro atoms. The minimum Gasteiger partial charge on any atom is -0.383 e. The Morgan fingerprint density at radius 2 is 2.38 bits per heavy atom. The highest BCUT2D eigenvalue weighted by atomic mass is 16.5. The number of rotatable bonds is 7. The molecule has 1 amide bonds. The predicted molar refractivity (Wildman–Crippen MR) is 81.4 cm³/mol. The number of anilines is 1. The molecule has 2 heterocycles. The van der Waals surface area contributed by atoms with Crippen LogP contribution in [0, 0.1) is 5.92 Å². The fraction of sp³-hybridized carbons (Fsp3) is 0.600. The number of nitrogens with one attached hydrogen (secondary N) is 2. The van der Waals surface area contributed by atoms with Crippen LogP contribution in [0.25, 0.3) is 0 Å². The van der Waals surface area contributed by atoms with Crippen molar-refractivity contribution in [3.8, 4) is 0 Å². The van der Waals surface area contributed by atoms with E-state index in [0.717, 1.165) is 25.9 Å². The first-order valence-electron chi connectivity index (χ1n) is 7.39. The van der Waals surface area contributed by atoms with Gasteiger partial charge >= 0.3 is 0 Å². The molecule has 6 heteroatoms. The molecule has 1 unspecified atom stereocenters. The van der Waals surface area contributed by atoms with E-state index in [1.54, 1.807) is 23.9 Å². The zero-order valence-corrected chi connectivity index (χ0v) is 12.4. The van der Waals surface area contributed by atoms with Crippen LogP contribution in [-0.2, 0) is 16.1 Å². The lowest BCUT2D eigenvalue weighted by Gasteiger charge is -2.10. The van der Waals surface area contributed by atoms with Gasteiger partial charge in [-0.1, -0.05) is 0 Å². The lowest BCUT2D eigenvalue weighted by atomic mass is 10.0. The highest BCUT2D eigenvalue weighted by Crippen LogP contribution is 2.15. The molecule has 0 radical (unpaired) electrons. The molecule has 1 aliphatic rings. The van der Waals surface area contributed by atoms with Crippen LogP contribution in [0.3, 0.4) is 0 Å². The lowest BCUT2D eigenvalue weighted by molar-refractivity contribution is -0.116. The van der Waals surface area contributed by atoms with Crippen molar-refractivity contribution < 1.29 is 9.53 Å². The number of carbonyl (C=O) groups is 1. The van der Waals surface area contributed by atoms with Crippen LogP contribution < -0.4 is 16.2 Å². The summed E-state index contributed by atoms with van der Waals surface area (Å²) in [5, 5.41) is 6.15. The van der Waals surface area contributed by atoms with Gasteiger partial charge in [-0.15, -0.1) is 0 Å². The number of hydrogen-bond acceptors (Lipinski definition) is 4. The van der Waals surface area contributed by atoms with E-state index in [0.29, 0.717) is 31.2 Å². The summed E-state index contributed by atoms with van der Waals surface area (Å²) in [7, 11) is 1.59. The van der Waals surface area contributed by atoms with Crippen molar-refractivity contribution in [2.24, 2.45) is 5.92 Å². The normalized spacial score (nSPS) is 17.9. The Morgan fingerprint density at radius 3 is 3.10 bits per heavy atom. The summed E-state index contributed by atoms with van der Waals surface area (Å²) < 4.78 is 6.51. The van der Waals surface area contributed by atoms with E-state index in [-0.39, 0.29) is 11.5 Å². The molecule has 2 N–H and O–H groups in total. The van der Waals surface area contributed by atoms with Gasteiger partial charge in [-0.3, -0.25) is 9.59 Å². The number of carbonyl (C=O) groups excluding carboxylic acids is 1. The van der Waals surface area contributed by atoms with Crippen LogP contribution in [0.2, 0.25) is 0 Å². The zero-order chi connectivity index (χ0) is 15.1. The summed E-state index contributed by atoms with van der Waals surface area (Å²) in [5.41, 5.74) is 0.558. The van der Waals surface area contributed by atoms with Crippen LogP contribution in [0.4, 0.5) is 5.69 Å². The molecule has 0 saturated carbocycles. The number of amides is 1. The Morgan fingerprint density at radius 1 is 1.52 bits per heavy atom. The maximum atomic E-state index is 11.9. The molecule has 1 atom stereocenters. The van der Waals surface area contributed by atoms with Crippen LogP contribution in [0.5, 0.6) is 0 Å². The van der Waals surface area contributed by atoms with Crippen LogP contribution in [0.15, 0.2) is 23.1 Å². The van der Waals surface area contributed by atoms with Crippen LogP contribution in [-0.4, -0.2) is 37.3 Å². The predicted octanol–water partition coefficient (Wildman–Crippen LogP) is 0.823. The van der Waals surface area contributed by atoms with E-state index < -0.39 is 0 Å². The smallest absolute Gasteiger partial charge is 0.250 e. The number of aromatic nitrogens is 1. The quantitative estimate of drug-likeness (QED) is 0.781. The molecule has 1 fully saturated rings. The van der Waals surface area contributed by atoms with Crippen molar-refractivity contribution in [1.82, 2.24) is 9.88 Å². The second kappa shape index (κ2) is 7.95. The summed E-state index contributed by atoms with van der Waals surface area (Å²) in [6.07, 6.45) is 4.23. The molecular weight excluding hydrogens is 270 g/mol. The Hall–Kier alpha value is -1.66. The third kappa shape index (κ3) is 4.99. The van der Waals surface area contributed by atoms with E-state index in [9.17, 15) is 9.59 Å². The third-order valence-corrected chi connectivity index (χ3v) is 3.75. The number of pyridine rings is 1. The van der Waals surface area contributed by atoms with Gasteiger partial charge in [0.05, 0.1) is 12.3 Å². The molecule has 1 aromatic rings. The largest absolute Gasteiger partial charge is 0.383 e. The molecule has 1 aliphatic heterocycles. The van der Waals surface area contributed by atoms with Crippen LogP contribution >= 0.6 is 0 Å². The van der Waals surface area contributed by atoms with E-state index in [2.05, 4.69) is 10.6 Å². The van der Waals surface area contributed by atoms with Gasteiger partial charge in [-0.05, 0) is 37.9 Å². The first-order valence-corrected chi connectivity index (χ1v) is 7.39. The van der Waals surface area contributed by atoms with E-state index in [4.69, 9.17) is 4.74 Å². The number of nitrogens with zero attached hydrogens (tertiary/aromatic N) is 1. The minimum atomic E-state index is -0.0953. The van der Waals surface area contributed by atoms with Gasteiger partial charge < -0.3 is 19.9 Å². The molecule has 0 aromatic carbocycles. The fourth-order valence-corrected chi connectivity index (χ4v) is 2.49. The van der Waals surface area contributed by atoms with E-state index in [1.807, 2.05) is 0 Å². The zero-order valence-electron chi connectivity index (χ0n) is 12.4. The Labute approximate surface area is 124 Å². The molecule has 1 saturated heterocycles. The summed E-state index contributed by atoms with van der Waals surface area (Å²) in [6.45, 7) is 3.00. The van der Waals surface area contributed by atoms with Gasteiger partial charge in [-0.2, -0.15) is 0 Å². The van der Waals surface area contributed by atoms with Crippen molar-refractivity contribution in [3.63, 3.8) is 0 Å². The van der Waals surface area contributed by atoms with Gasteiger partial charge in [0.25, 0.3) is 5.56 Å². The summed E-state index contributed by atoms with van der Waals surface area (Å²) in [4.78, 5) is 23.6. The highest BCUT2D eigenvalue weighted by molar-refractivity contribution is 5.90. The summed E-state index contributed by atoms with van der Waals surface area (Å²) >= 11 is 0. The number of ether oxygens (including phenoxy) is 1. The van der Waals surface area contributed by atoms with Gasteiger partial charge in [0.1, 0.15) is 0 Å². The van der Waals surface area contributed by atoms with Crippen molar-refractivity contribution in [3.05, 3.63) is 28.7 Å². The standard InChI is InChI=1S/C15H23N3O3/c1-21-9-8-18-11-13(3-5-15(18)20)17-14(19)4-2-12-6-7-16-10-12/h3,5,11-12,16H,2,4,6-10H2,1H3,(H,17,19). The first-order chi connectivity index (χ1) is 10.2. The summed E-state index contributed by atoms with van der Waals surface area (Å²) in [6, 6.07) is 3.10. The molecular formula is C15H23N3O3. The molecule has 6 nitrogen and oxygen atoms in total.